The van der Waals surface area contributed by atoms with E-state index in [0.717, 1.165) is 57.1 Å². The number of guanidine groups is 1. The largest absolute Gasteiger partial charge is 0 e. The van der Waals surface area contributed by atoms with Gasteiger partial charge in [0.05, 0.1) is 50.9 Å². The summed E-state index contributed by atoms with van der Waals surface area (Å²) in [5.74, 6) is 3.32. The van der Waals surface area contributed by atoms with Gasteiger partial charge in [0.25, 0.3) is 0 Å². The van der Waals surface area contributed by atoms with E-state index >= 15 is 0 Å². The Labute approximate surface area is 356 Å². The molecule has 2 aromatic rings. The number of hydrogen-bond donors (Lipinski definition) is 0. The fourth-order valence-electron chi connectivity index (χ4n) is 9.28. The third-order valence-electron chi connectivity index (χ3n) is 12.0. The maximum Gasteiger partial charge on any atom is 0 e. The van der Waals surface area contributed by atoms with E-state index in [2.05, 4.69) is 156 Å². The van der Waals surface area contributed by atoms with Crippen LogP contribution >= 0.6 is 0 Å². The zero-order chi connectivity index (χ0) is 42.7. The van der Waals surface area contributed by atoms with Crippen molar-refractivity contribution in [2.24, 2.45) is 0 Å². The first kappa shape index (κ1) is 48.5. The Bertz CT molecular complexity index is 1980. The molecule has 5 heterocycles. The van der Waals surface area contributed by atoms with Crippen LogP contribution in [0.1, 0.15) is 134 Å². The minimum Gasteiger partial charge on any atom is 0 e. The average molecular weight is 838 g/mol. The summed E-state index contributed by atoms with van der Waals surface area (Å²) in [6.45, 7) is 44.2. The van der Waals surface area contributed by atoms with Crippen molar-refractivity contribution in [1.29, 1.82) is 0 Å². The van der Waals surface area contributed by atoms with E-state index in [1.165, 1.54) is 65.0 Å². The van der Waals surface area contributed by atoms with Crippen LogP contribution < -0.4 is 9.47 Å². The molecular weight excluding hydrogens is 777 g/mol. The molecule has 3 atom stereocenters. The summed E-state index contributed by atoms with van der Waals surface area (Å²) in [6.07, 6.45) is 12.0. The van der Waals surface area contributed by atoms with E-state index in [-0.39, 0.29) is 33.0 Å². The van der Waals surface area contributed by atoms with Crippen LogP contribution in [-0.4, -0.2) is 93.3 Å². The first-order valence-electron chi connectivity index (χ1n) is 20.0. The van der Waals surface area contributed by atoms with Crippen LogP contribution in [0.15, 0.2) is 24.3 Å². The molecule has 1 spiro atoms. The van der Waals surface area contributed by atoms with Crippen molar-refractivity contribution in [2.75, 3.05) is 33.2 Å². The summed E-state index contributed by atoms with van der Waals surface area (Å²) < 4.78 is 52.5. The second-order valence-corrected chi connectivity index (χ2v) is 18.8. The van der Waals surface area contributed by atoms with Crippen molar-refractivity contribution in [3.63, 3.8) is 0 Å². The second kappa shape index (κ2) is 19.0. The van der Waals surface area contributed by atoms with E-state index < -0.39 is 6.03 Å². The van der Waals surface area contributed by atoms with Crippen molar-refractivity contribution in [3.8, 4) is 11.5 Å². The summed E-state index contributed by atoms with van der Waals surface area (Å²) in [6, 6.07) is 9.21. The smallest absolute Gasteiger partial charge is 0 e. The molecule has 2 saturated heterocycles. The van der Waals surface area contributed by atoms with Gasteiger partial charge >= 0.3 is 57.2 Å². The van der Waals surface area contributed by atoms with Gasteiger partial charge in [-0.1, -0.05) is 77.5 Å². The molecule has 11 nitrogen and oxygen atoms in total. The molecule has 1 radical (unpaired) electrons. The predicted molar refractivity (Wildman–Crippen MR) is 213 cm³/mol. The molecule has 2 aromatic carbocycles. The normalized spacial score (nSPS) is 22.4. The molecule has 12 heteroatoms. The van der Waals surface area contributed by atoms with Gasteiger partial charge in [0.2, 0.25) is 12.1 Å². The predicted octanol–water partition coefficient (Wildman–Crippen LogP) is 6.62. The molecule has 58 heavy (non-hydrogen) atoms. The first-order valence-corrected chi connectivity index (χ1v) is 20.0. The number of nitrogens with zero attached hydrogens (tertiary/aromatic N) is 5. The van der Waals surface area contributed by atoms with Gasteiger partial charge in [-0.25, -0.2) is 0 Å². The minimum atomic E-state index is -1.05. The van der Waals surface area contributed by atoms with Crippen LogP contribution in [0.2, 0.25) is 0 Å². The Hall–Kier alpha value is -3.88. The molecule has 3 unspecified atom stereocenters. The van der Waals surface area contributed by atoms with Crippen LogP contribution in [0.3, 0.4) is 0 Å². The number of benzene rings is 2. The molecule has 0 amide bonds. The van der Waals surface area contributed by atoms with E-state index in [1.807, 2.05) is 0 Å². The fraction of sp³-hybridized carbons (Fsp3) is 0.587. The summed E-state index contributed by atoms with van der Waals surface area (Å²) in [4.78, 5) is 5.21. The standard InChI is InChI=1S/C42H60N5O2.4CO.Co/c1-39(2,3)31-21-28(25-45-20-14-19-44-18-13-17-43(10)38(44)45)36-29(22-31)26-46-34-15-11-12-16-35(34)47-27-30-23-32(40(4,5)6)24-33(41(7,8)9)37(30)49-42(46,47)48-36;4*1-2;/h21-24,26-27,34-35H,11-20,25H2,1-10H3;;;;;/q+3;;;;;. The molecule has 0 aromatic heterocycles. The zero-order valence-electron chi connectivity index (χ0n) is 35.9. The van der Waals surface area contributed by atoms with Gasteiger partial charge in [0.15, 0.2) is 23.9 Å². The maximum absolute atomic E-state index is 7.57. The summed E-state index contributed by atoms with van der Waals surface area (Å²) in [5, 5.41) is 0. The quantitative estimate of drug-likeness (QED) is 0.192. The van der Waals surface area contributed by atoms with E-state index in [0.29, 0.717) is 12.1 Å². The van der Waals surface area contributed by atoms with Crippen molar-refractivity contribution >= 4 is 18.4 Å². The van der Waals surface area contributed by atoms with Gasteiger partial charge < -0.3 is 9.47 Å². The summed E-state index contributed by atoms with van der Waals surface area (Å²) in [7, 11) is 2.27. The van der Waals surface area contributed by atoms with Gasteiger partial charge in [-0.05, 0) is 58.4 Å². The van der Waals surface area contributed by atoms with Gasteiger partial charge in [-0.3, -0.25) is 14.4 Å². The third kappa shape index (κ3) is 8.98. The van der Waals surface area contributed by atoms with E-state index in [9.17, 15) is 0 Å². The third-order valence-corrected chi connectivity index (χ3v) is 12.0. The molecule has 311 valence electrons. The number of hydrogen-bond acceptors (Lipinski definition) is 4. The number of fused-ring (bicyclic) bond motifs is 6. The Kier molecular flexibility index (Phi) is 15.9. The first-order chi connectivity index (χ1) is 27.0. The van der Waals surface area contributed by atoms with Crippen LogP contribution in [0.4, 0.5) is 0 Å². The van der Waals surface area contributed by atoms with E-state index in [1.54, 1.807) is 0 Å². The monoisotopic (exact) mass is 837 g/mol. The molecule has 8 rings (SSSR count). The molecule has 1 saturated carbocycles. The topological polar surface area (TPSA) is 114 Å². The Balaban J connectivity index is 0.000000944. The van der Waals surface area contributed by atoms with Crippen molar-refractivity contribution < 1.29 is 58.6 Å². The van der Waals surface area contributed by atoms with Crippen LogP contribution in [0.25, 0.3) is 0 Å². The second-order valence-electron chi connectivity index (χ2n) is 18.8. The Morgan fingerprint density at radius 3 is 1.66 bits per heavy atom. The molecule has 0 bridgehead atoms. The van der Waals surface area contributed by atoms with Crippen LogP contribution in [-0.2, 0) is 58.2 Å². The molecule has 1 aliphatic carbocycles. The number of rotatable bonds is 2. The Morgan fingerprint density at radius 2 is 1.14 bits per heavy atom. The maximum atomic E-state index is 7.57. The summed E-state index contributed by atoms with van der Waals surface area (Å²) >= 11 is 0. The zero-order valence-corrected chi connectivity index (χ0v) is 37.0. The van der Waals surface area contributed by atoms with Gasteiger partial charge in [-0.2, -0.15) is 0 Å². The van der Waals surface area contributed by atoms with E-state index in [4.69, 9.17) is 28.1 Å². The number of ether oxygens (including phenoxy) is 2. The molecule has 5 aliphatic heterocycles. The molecular formula is C46H60CoN5O6+3. The van der Waals surface area contributed by atoms with Gasteiger partial charge in [0, 0.05) is 53.6 Å². The van der Waals surface area contributed by atoms with Crippen LogP contribution in [0, 0.1) is 26.6 Å². The van der Waals surface area contributed by atoms with Crippen molar-refractivity contribution in [2.45, 2.75) is 142 Å². The minimum absolute atomic E-state index is 0. The molecule has 0 N–H and O–H groups in total. The van der Waals surface area contributed by atoms with Crippen molar-refractivity contribution in [1.82, 2.24) is 9.80 Å². The Morgan fingerprint density at radius 1 is 0.655 bits per heavy atom. The van der Waals surface area contributed by atoms with Gasteiger partial charge in [0.1, 0.15) is 0 Å². The SMILES string of the molecule is C[N+]1=C2N(CCCN2Cc2cc(C(C)(C)C)cc3c2OC24Oc5c(cc(C(C)(C)C)cc5C(C)(C)C)C=[N+]2C2CCCCC2[N+]4=C3)CCC1.[C-]#[O+].[C-]#[O+].[C-]#[O+].[C-]#[O+].[Co]. The van der Waals surface area contributed by atoms with Crippen molar-refractivity contribution in [3.05, 3.63) is 84.2 Å². The van der Waals surface area contributed by atoms with Gasteiger partial charge in [-0.15, -0.1) is 0 Å². The average Bonchev–Trinajstić information content (AvgIpc) is 3.46. The van der Waals surface area contributed by atoms with Crippen LogP contribution in [0.5, 0.6) is 11.5 Å². The molecule has 6 aliphatic rings. The summed E-state index contributed by atoms with van der Waals surface area (Å²) in [5.41, 5.74) is 7.52. The molecule has 3 fully saturated rings. The fourth-order valence-corrected chi connectivity index (χ4v) is 9.28.